The van der Waals surface area contributed by atoms with Gasteiger partial charge in [0.05, 0.1) is 0 Å². The minimum atomic E-state index is -0.959. The number of hydrogen-bond donors (Lipinski definition) is 2. The van der Waals surface area contributed by atoms with Crippen LogP contribution in [0.1, 0.15) is 0 Å². The molecule has 2 N–H and O–H groups in total. The Bertz CT molecular complexity index is 1140. The zero-order valence-corrected chi connectivity index (χ0v) is 17.4. The van der Waals surface area contributed by atoms with Crippen LogP contribution in [0.5, 0.6) is 0 Å². The molecule has 2 aromatic carbocycles. The van der Waals surface area contributed by atoms with Crippen LogP contribution >= 0.6 is 23.5 Å². The highest BCUT2D eigenvalue weighted by Gasteiger charge is 2.50. The number of imide groups is 1. The summed E-state index contributed by atoms with van der Waals surface area (Å²) in [5.41, 5.74) is 0.685. The minimum Gasteiger partial charge on any atom is -0.321 e. The first-order chi connectivity index (χ1) is 15.0. The predicted molar refractivity (Wildman–Crippen MR) is 118 cm³/mol. The van der Waals surface area contributed by atoms with Gasteiger partial charge in [0.2, 0.25) is 11.8 Å². The summed E-state index contributed by atoms with van der Waals surface area (Å²) in [6, 6.07) is 19.0. The van der Waals surface area contributed by atoms with Crippen molar-refractivity contribution in [2.24, 2.45) is 0 Å². The third-order valence-electron chi connectivity index (χ3n) is 4.50. The number of nitrogens with zero attached hydrogens (tertiary/aromatic N) is 2. The molecule has 2 aromatic rings. The third-order valence-corrected chi connectivity index (χ3v) is 7.06. The Labute approximate surface area is 185 Å². The number of amides is 4. The molecule has 0 radical (unpaired) electrons. The second-order valence-corrected chi connectivity index (χ2v) is 8.72. The molecule has 0 unspecified atom stereocenters. The zero-order valence-electron chi connectivity index (χ0n) is 15.8. The lowest BCUT2D eigenvalue weighted by molar-refractivity contribution is -0.122. The Hall–Kier alpha value is -3.55. The van der Waals surface area contributed by atoms with Gasteiger partial charge in [0, 0.05) is 11.4 Å². The number of hydrogen-bond acceptors (Lipinski definition) is 7. The molecule has 0 bridgehead atoms. The van der Waals surface area contributed by atoms with Crippen molar-refractivity contribution < 1.29 is 19.2 Å². The Morgan fingerprint density at radius 3 is 2.19 bits per heavy atom. The van der Waals surface area contributed by atoms with Gasteiger partial charge < -0.3 is 5.32 Å². The molecule has 2 aliphatic heterocycles. The lowest BCUT2D eigenvalue weighted by Gasteiger charge is -2.18. The second-order valence-electron chi connectivity index (χ2n) is 6.47. The second kappa shape index (κ2) is 8.67. The monoisotopic (exact) mass is 450 g/mol. The first kappa shape index (κ1) is 20.7. The van der Waals surface area contributed by atoms with E-state index in [2.05, 4.69) is 10.6 Å². The molecule has 2 aliphatic rings. The Morgan fingerprint density at radius 2 is 1.61 bits per heavy atom. The van der Waals surface area contributed by atoms with E-state index >= 15 is 0 Å². The van der Waals surface area contributed by atoms with E-state index in [1.165, 1.54) is 4.90 Å². The highest BCUT2D eigenvalue weighted by Crippen LogP contribution is 2.45. The van der Waals surface area contributed by atoms with Crippen molar-refractivity contribution in [3.63, 3.8) is 0 Å². The summed E-state index contributed by atoms with van der Waals surface area (Å²) < 4.78 is 0. The van der Waals surface area contributed by atoms with E-state index in [9.17, 15) is 24.4 Å². The maximum Gasteiger partial charge on any atom is 0.286 e. The molecule has 0 aliphatic carbocycles. The lowest BCUT2D eigenvalue weighted by Crippen LogP contribution is -2.38. The number of carbonyl (C=O) groups is 4. The van der Waals surface area contributed by atoms with E-state index in [1.54, 1.807) is 60.7 Å². The molecular weight excluding hydrogens is 436 g/mol. The van der Waals surface area contributed by atoms with Crippen LogP contribution in [-0.4, -0.2) is 33.5 Å². The number of anilines is 2. The number of nitrogens with one attached hydrogen (secondary N) is 2. The standard InChI is InChI=1S/C21H14N4O4S2/c22-11-14(17(26)23-12-7-3-1-4-8-12)20-25(13-9-5-2-6-10-13)19(28)16(30-20)15-18(27)24-21(29)31-15/h1-10,15-16H,(H,23,26)(H,24,27,29)/b20-14-/t15-,16+/m0/s1. The molecule has 2 fully saturated rings. The molecule has 2 saturated heterocycles. The van der Waals surface area contributed by atoms with Gasteiger partial charge in [0.1, 0.15) is 27.2 Å². The highest BCUT2D eigenvalue weighted by molar-refractivity contribution is 8.16. The van der Waals surface area contributed by atoms with Crippen molar-refractivity contribution in [3.05, 3.63) is 71.3 Å². The maximum absolute atomic E-state index is 13.3. The number of benzene rings is 2. The van der Waals surface area contributed by atoms with Crippen LogP contribution in [0, 0.1) is 11.3 Å². The number of para-hydroxylation sites is 2. The number of thioether (sulfide) groups is 2. The Balaban J connectivity index is 1.75. The fourth-order valence-corrected chi connectivity index (χ4v) is 5.49. The average molecular weight is 451 g/mol. The van der Waals surface area contributed by atoms with Gasteiger partial charge in [-0.3, -0.25) is 29.4 Å². The fourth-order valence-electron chi connectivity index (χ4n) is 3.11. The van der Waals surface area contributed by atoms with Crippen LogP contribution in [0.4, 0.5) is 16.2 Å². The zero-order chi connectivity index (χ0) is 22.0. The molecule has 10 heteroatoms. The summed E-state index contributed by atoms with van der Waals surface area (Å²) in [6.07, 6.45) is 0. The van der Waals surface area contributed by atoms with Gasteiger partial charge in [-0.15, -0.1) is 0 Å². The van der Waals surface area contributed by atoms with Gasteiger partial charge in [-0.25, -0.2) is 0 Å². The molecule has 0 aromatic heterocycles. The molecular formula is C21H14N4O4S2. The van der Waals surface area contributed by atoms with Crippen molar-refractivity contribution in [3.8, 4) is 6.07 Å². The average Bonchev–Trinajstić information content (AvgIpc) is 3.28. The van der Waals surface area contributed by atoms with E-state index in [0.717, 1.165) is 23.5 Å². The molecule has 0 saturated carbocycles. The first-order valence-corrected chi connectivity index (χ1v) is 10.8. The molecule has 2 atom stereocenters. The van der Waals surface area contributed by atoms with Crippen molar-refractivity contribution in [2.45, 2.75) is 10.5 Å². The molecule has 0 spiro atoms. The normalized spacial score (nSPS) is 22.2. The smallest absolute Gasteiger partial charge is 0.286 e. The van der Waals surface area contributed by atoms with E-state index < -0.39 is 33.5 Å². The van der Waals surface area contributed by atoms with Gasteiger partial charge >= 0.3 is 0 Å². The first-order valence-electron chi connectivity index (χ1n) is 9.07. The molecule has 4 rings (SSSR count). The summed E-state index contributed by atoms with van der Waals surface area (Å²) in [7, 11) is 0. The molecule has 154 valence electrons. The van der Waals surface area contributed by atoms with Gasteiger partial charge in [-0.2, -0.15) is 5.26 Å². The predicted octanol–water partition coefficient (Wildman–Crippen LogP) is 2.86. The summed E-state index contributed by atoms with van der Waals surface area (Å²) in [6.45, 7) is 0. The highest BCUT2D eigenvalue weighted by atomic mass is 32.2. The largest absolute Gasteiger partial charge is 0.321 e. The van der Waals surface area contributed by atoms with Crippen LogP contribution in [-0.2, 0) is 14.4 Å². The minimum absolute atomic E-state index is 0.116. The fraction of sp³-hybridized carbons (Fsp3) is 0.0952. The summed E-state index contributed by atoms with van der Waals surface area (Å²) in [5.74, 6) is -1.72. The molecule has 4 amide bonds. The topological polar surface area (TPSA) is 119 Å². The Kier molecular flexibility index (Phi) is 5.79. The van der Waals surface area contributed by atoms with E-state index in [-0.39, 0.29) is 10.6 Å². The molecule has 8 nitrogen and oxygen atoms in total. The van der Waals surface area contributed by atoms with Gasteiger partial charge in [-0.1, -0.05) is 48.2 Å². The van der Waals surface area contributed by atoms with Gasteiger partial charge in [0.25, 0.3) is 11.1 Å². The van der Waals surface area contributed by atoms with Gasteiger partial charge in [-0.05, 0) is 36.0 Å². The van der Waals surface area contributed by atoms with E-state index in [4.69, 9.17) is 0 Å². The van der Waals surface area contributed by atoms with Crippen LogP contribution in [0.25, 0.3) is 0 Å². The SMILES string of the molecule is N#C/C(C(=O)Nc1ccccc1)=C1/S[C@H]([C@@H]2SC(=O)NC2=O)C(=O)N1c1ccccc1. The van der Waals surface area contributed by atoms with E-state index in [1.807, 2.05) is 6.07 Å². The lowest BCUT2D eigenvalue weighted by atomic mass is 10.2. The van der Waals surface area contributed by atoms with E-state index in [0.29, 0.717) is 11.4 Å². The number of carbonyl (C=O) groups excluding carboxylic acids is 4. The van der Waals surface area contributed by atoms with Crippen molar-refractivity contribution >= 4 is 57.9 Å². The summed E-state index contributed by atoms with van der Waals surface area (Å²) >= 11 is 1.67. The third kappa shape index (κ3) is 4.05. The number of nitriles is 1. The van der Waals surface area contributed by atoms with Crippen LogP contribution in [0.3, 0.4) is 0 Å². The van der Waals surface area contributed by atoms with Crippen molar-refractivity contribution in [2.75, 3.05) is 10.2 Å². The quantitative estimate of drug-likeness (QED) is 0.543. The van der Waals surface area contributed by atoms with Crippen LogP contribution < -0.4 is 15.5 Å². The van der Waals surface area contributed by atoms with Crippen molar-refractivity contribution in [1.82, 2.24) is 5.32 Å². The van der Waals surface area contributed by atoms with Crippen molar-refractivity contribution in [1.29, 1.82) is 5.26 Å². The Morgan fingerprint density at radius 1 is 0.968 bits per heavy atom. The molecule has 31 heavy (non-hydrogen) atoms. The molecule has 2 heterocycles. The van der Waals surface area contributed by atoms with Crippen LogP contribution in [0.2, 0.25) is 0 Å². The maximum atomic E-state index is 13.3. The van der Waals surface area contributed by atoms with Gasteiger partial charge in [0.15, 0.2) is 0 Å². The summed E-state index contributed by atoms with van der Waals surface area (Å²) in [4.78, 5) is 51.2. The number of rotatable bonds is 4. The van der Waals surface area contributed by atoms with Crippen LogP contribution in [0.15, 0.2) is 71.3 Å². The summed E-state index contributed by atoms with van der Waals surface area (Å²) in [5, 5.41) is 12.3.